The van der Waals surface area contributed by atoms with Gasteiger partial charge >= 0.3 is 5.97 Å². The summed E-state index contributed by atoms with van der Waals surface area (Å²) in [5.74, 6) is -1.21. The highest BCUT2D eigenvalue weighted by atomic mass is 32.2. The lowest BCUT2D eigenvalue weighted by Gasteiger charge is -2.08. The maximum absolute atomic E-state index is 13.9. The maximum atomic E-state index is 13.9. The highest BCUT2D eigenvalue weighted by Crippen LogP contribution is 2.51. The second kappa shape index (κ2) is 6.74. The van der Waals surface area contributed by atoms with Crippen LogP contribution in [-0.4, -0.2) is 25.0 Å². The molecule has 4 rings (SSSR count). The number of carbonyl (C=O) groups excluding carboxylic acids is 1. The molecule has 0 unspecified atom stereocenters. The Morgan fingerprint density at radius 1 is 1.21 bits per heavy atom. The summed E-state index contributed by atoms with van der Waals surface area (Å²) in [6.45, 7) is 3.92. The van der Waals surface area contributed by atoms with E-state index in [1.54, 1.807) is 25.1 Å². The van der Waals surface area contributed by atoms with Crippen LogP contribution in [0.3, 0.4) is 0 Å². The minimum Gasteiger partial charge on any atom is -0.466 e. The molecule has 0 bridgehead atoms. The van der Waals surface area contributed by atoms with E-state index in [0.29, 0.717) is 18.4 Å². The fraction of sp³-hybridized carbons (Fsp3) is 0.286. The van der Waals surface area contributed by atoms with Crippen molar-refractivity contribution in [2.45, 2.75) is 31.1 Å². The molecule has 146 valence electrons. The number of fused-ring (bicyclic) bond motifs is 1. The van der Waals surface area contributed by atoms with E-state index < -0.39 is 15.8 Å². The Bertz CT molecular complexity index is 1170. The molecule has 1 saturated carbocycles. The minimum absolute atomic E-state index is 0.124. The number of nitrogens with zero attached hydrogens (tertiary/aromatic N) is 1. The van der Waals surface area contributed by atoms with Gasteiger partial charge in [-0.3, -0.25) is 4.79 Å². The van der Waals surface area contributed by atoms with Gasteiger partial charge in [0.25, 0.3) is 10.0 Å². The summed E-state index contributed by atoms with van der Waals surface area (Å²) in [6.07, 6.45) is 2.11. The molecule has 2 aromatic carbocycles. The van der Waals surface area contributed by atoms with E-state index in [0.717, 1.165) is 15.1 Å². The molecule has 1 fully saturated rings. The number of carbonyl (C=O) groups is 1. The van der Waals surface area contributed by atoms with Gasteiger partial charge < -0.3 is 4.74 Å². The van der Waals surface area contributed by atoms with Gasteiger partial charge in [0.05, 0.1) is 22.9 Å². The van der Waals surface area contributed by atoms with Crippen molar-refractivity contribution in [2.75, 3.05) is 6.61 Å². The van der Waals surface area contributed by atoms with Crippen LogP contribution in [0.1, 0.15) is 30.4 Å². The van der Waals surface area contributed by atoms with Crippen LogP contribution in [-0.2, 0) is 19.6 Å². The minimum atomic E-state index is -3.90. The van der Waals surface area contributed by atoms with Gasteiger partial charge in [-0.15, -0.1) is 0 Å². The highest BCUT2D eigenvalue weighted by Gasteiger charge is 2.46. The number of esters is 1. The van der Waals surface area contributed by atoms with Crippen LogP contribution in [0.25, 0.3) is 10.9 Å². The number of aromatic nitrogens is 1. The van der Waals surface area contributed by atoms with Gasteiger partial charge in [-0.05, 0) is 56.2 Å². The standard InChI is InChI=1S/C21H20FNO4S/c1-3-27-21(24)18-11-17(18)19-12-23(20-10-14(22)6-9-16(19)20)28(25,26)15-7-4-13(2)5-8-15/h4-10,12,17-18H,3,11H2,1-2H3/t17-,18-/m1/s1. The van der Waals surface area contributed by atoms with Crippen LogP contribution in [0.5, 0.6) is 0 Å². The molecule has 0 radical (unpaired) electrons. The van der Waals surface area contributed by atoms with Crippen molar-refractivity contribution in [1.82, 2.24) is 3.97 Å². The first-order valence-electron chi connectivity index (χ1n) is 9.12. The molecule has 3 aromatic rings. The molecule has 0 N–H and O–H groups in total. The van der Waals surface area contributed by atoms with Crippen molar-refractivity contribution in [3.8, 4) is 0 Å². The Balaban J connectivity index is 1.83. The summed E-state index contributed by atoms with van der Waals surface area (Å²) in [5, 5.41) is 0.633. The Morgan fingerprint density at radius 2 is 1.93 bits per heavy atom. The summed E-state index contributed by atoms with van der Waals surface area (Å²) in [6, 6.07) is 10.6. The normalized spacial score (nSPS) is 19.0. The predicted molar refractivity (Wildman–Crippen MR) is 103 cm³/mol. The first-order valence-corrected chi connectivity index (χ1v) is 10.6. The average molecular weight is 401 g/mol. The van der Waals surface area contributed by atoms with E-state index in [2.05, 4.69) is 0 Å². The Hall–Kier alpha value is -2.67. The van der Waals surface area contributed by atoms with E-state index in [-0.39, 0.29) is 28.2 Å². The average Bonchev–Trinajstić information content (AvgIpc) is 3.36. The van der Waals surface area contributed by atoms with E-state index in [9.17, 15) is 17.6 Å². The summed E-state index contributed by atoms with van der Waals surface area (Å²) >= 11 is 0. The SMILES string of the molecule is CCOC(=O)[C@@H]1C[C@H]1c1cn(S(=O)(=O)c2ccc(C)cc2)c2cc(F)ccc12. The topological polar surface area (TPSA) is 65.4 Å². The van der Waals surface area contributed by atoms with Crippen molar-refractivity contribution in [3.63, 3.8) is 0 Å². The van der Waals surface area contributed by atoms with Crippen LogP contribution in [0.4, 0.5) is 4.39 Å². The van der Waals surface area contributed by atoms with Crippen molar-refractivity contribution in [2.24, 2.45) is 5.92 Å². The van der Waals surface area contributed by atoms with Crippen molar-refractivity contribution in [3.05, 3.63) is 65.6 Å². The van der Waals surface area contributed by atoms with E-state index in [1.807, 2.05) is 6.92 Å². The zero-order chi connectivity index (χ0) is 20.1. The van der Waals surface area contributed by atoms with Crippen LogP contribution < -0.4 is 0 Å². The predicted octanol–water partition coefficient (Wildman–Crippen LogP) is 3.99. The summed E-state index contributed by atoms with van der Waals surface area (Å²) in [7, 11) is -3.90. The van der Waals surface area contributed by atoms with Gasteiger partial charge in [0, 0.05) is 17.5 Å². The monoisotopic (exact) mass is 401 g/mol. The third kappa shape index (κ3) is 3.09. The summed E-state index contributed by atoms with van der Waals surface area (Å²) < 4.78 is 46.5. The number of hydrogen-bond donors (Lipinski definition) is 0. The van der Waals surface area contributed by atoms with E-state index in [4.69, 9.17) is 4.74 Å². The quantitative estimate of drug-likeness (QED) is 0.607. The number of rotatable bonds is 5. The first kappa shape index (κ1) is 18.7. The smallest absolute Gasteiger partial charge is 0.309 e. The molecule has 28 heavy (non-hydrogen) atoms. The maximum Gasteiger partial charge on any atom is 0.309 e. The van der Waals surface area contributed by atoms with Gasteiger partial charge in [-0.25, -0.2) is 16.8 Å². The van der Waals surface area contributed by atoms with Gasteiger partial charge in [0.1, 0.15) is 5.82 Å². The zero-order valence-electron chi connectivity index (χ0n) is 15.6. The van der Waals surface area contributed by atoms with Crippen molar-refractivity contribution in [1.29, 1.82) is 0 Å². The molecule has 1 aliphatic rings. The van der Waals surface area contributed by atoms with E-state index in [1.165, 1.54) is 30.5 Å². The third-order valence-corrected chi connectivity index (χ3v) is 6.81. The number of halogens is 1. The molecule has 1 aromatic heterocycles. The van der Waals surface area contributed by atoms with Gasteiger partial charge in [-0.2, -0.15) is 0 Å². The molecule has 0 spiro atoms. The zero-order valence-corrected chi connectivity index (χ0v) is 16.4. The number of hydrogen-bond acceptors (Lipinski definition) is 4. The fourth-order valence-electron chi connectivity index (χ4n) is 3.56. The molecule has 0 aliphatic heterocycles. The largest absolute Gasteiger partial charge is 0.466 e. The lowest BCUT2D eigenvalue weighted by atomic mass is 10.1. The van der Waals surface area contributed by atoms with Crippen molar-refractivity contribution >= 4 is 26.9 Å². The van der Waals surface area contributed by atoms with Gasteiger partial charge in [0.15, 0.2) is 0 Å². The van der Waals surface area contributed by atoms with Crippen molar-refractivity contribution < 1.29 is 22.3 Å². The first-order chi connectivity index (χ1) is 13.3. The number of benzene rings is 2. The van der Waals surface area contributed by atoms with Crippen LogP contribution in [0.2, 0.25) is 0 Å². The summed E-state index contributed by atoms with van der Waals surface area (Å²) in [4.78, 5) is 12.2. The molecule has 5 nitrogen and oxygen atoms in total. The Labute approximate surface area is 162 Å². The number of ether oxygens (including phenoxy) is 1. The molecule has 1 heterocycles. The highest BCUT2D eigenvalue weighted by molar-refractivity contribution is 7.90. The number of aryl methyl sites for hydroxylation is 1. The fourth-order valence-corrected chi connectivity index (χ4v) is 4.93. The molecule has 2 atom stereocenters. The second-order valence-electron chi connectivity index (χ2n) is 7.06. The van der Waals surface area contributed by atoms with Crippen LogP contribution in [0, 0.1) is 18.7 Å². The molecular weight excluding hydrogens is 381 g/mol. The molecule has 1 aliphatic carbocycles. The molecule has 0 amide bonds. The molecular formula is C21H20FNO4S. The Morgan fingerprint density at radius 3 is 2.61 bits per heavy atom. The van der Waals surface area contributed by atoms with Crippen LogP contribution >= 0.6 is 0 Å². The van der Waals surface area contributed by atoms with Crippen LogP contribution in [0.15, 0.2) is 53.6 Å². The lowest BCUT2D eigenvalue weighted by molar-refractivity contribution is -0.144. The van der Waals surface area contributed by atoms with Gasteiger partial charge in [-0.1, -0.05) is 17.7 Å². The lowest BCUT2D eigenvalue weighted by Crippen LogP contribution is -2.12. The molecule has 7 heteroatoms. The summed E-state index contributed by atoms with van der Waals surface area (Å²) in [5.41, 5.74) is 1.94. The Kier molecular flexibility index (Phi) is 4.50. The van der Waals surface area contributed by atoms with E-state index >= 15 is 0 Å². The second-order valence-corrected chi connectivity index (χ2v) is 8.88. The molecule has 0 saturated heterocycles. The van der Waals surface area contributed by atoms with Gasteiger partial charge in [0.2, 0.25) is 0 Å². The third-order valence-electron chi connectivity index (χ3n) is 5.12.